The zero-order valence-electron chi connectivity index (χ0n) is 14.5. The topological polar surface area (TPSA) is 62.3 Å². The van der Waals surface area contributed by atoms with Gasteiger partial charge in [0.25, 0.3) is 0 Å². The van der Waals surface area contributed by atoms with Crippen LogP contribution in [0.2, 0.25) is 0 Å². The molecule has 2 aromatic rings. The van der Waals surface area contributed by atoms with Crippen molar-refractivity contribution in [3.8, 4) is 0 Å². The van der Waals surface area contributed by atoms with Crippen LogP contribution in [0.5, 0.6) is 0 Å². The molecule has 0 saturated carbocycles. The summed E-state index contributed by atoms with van der Waals surface area (Å²) in [7, 11) is 5.80. The average molecular weight is 315 g/mol. The number of anilines is 2. The molecule has 6 heteroatoms. The fraction of sp³-hybridized carbons (Fsp3) is 0.529. The standard InChI is InChI=1S/C17H25N5O/c1-10-6-11(2)19-17-16(10)12(18-3)7-15(21-17)20-13-8-22(4)9-14(13)23-5/h6-7,13-14H,8-9H2,1-5H3,(H2,18,19,20,21)/t13-,14-/m0/s1. The van der Waals surface area contributed by atoms with E-state index in [1.807, 2.05) is 14.0 Å². The Morgan fingerprint density at radius 2 is 2.00 bits per heavy atom. The maximum atomic E-state index is 5.59. The Balaban J connectivity index is 1.98. The molecule has 0 aliphatic carbocycles. The molecule has 1 aliphatic rings. The summed E-state index contributed by atoms with van der Waals surface area (Å²) >= 11 is 0. The molecule has 23 heavy (non-hydrogen) atoms. The number of ether oxygens (including phenoxy) is 1. The molecule has 2 N–H and O–H groups in total. The van der Waals surface area contributed by atoms with Crippen LogP contribution in [0.15, 0.2) is 12.1 Å². The summed E-state index contributed by atoms with van der Waals surface area (Å²) in [6.07, 6.45) is 0.169. The van der Waals surface area contributed by atoms with Crippen LogP contribution >= 0.6 is 0 Å². The van der Waals surface area contributed by atoms with Crippen LogP contribution in [0.4, 0.5) is 11.5 Å². The molecular weight excluding hydrogens is 290 g/mol. The molecule has 2 aromatic heterocycles. The van der Waals surface area contributed by atoms with E-state index >= 15 is 0 Å². The van der Waals surface area contributed by atoms with Crippen LogP contribution in [0, 0.1) is 13.8 Å². The number of aromatic nitrogens is 2. The number of nitrogens with zero attached hydrogens (tertiary/aromatic N) is 3. The van der Waals surface area contributed by atoms with Gasteiger partial charge in [0.1, 0.15) is 5.82 Å². The van der Waals surface area contributed by atoms with E-state index < -0.39 is 0 Å². The lowest BCUT2D eigenvalue weighted by Gasteiger charge is -2.20. The highest BCUT2D eigenvalue weighted by atomic mass is 16.5. The summed E-state index contributed by atoms with van der Waals surface area (Å²) in [4.78, 5) is 11.6. The first-order valence-electron chi connectivity index (χ1n) is 7.96. The van der Waals surface area contributed by atoms with Crippen molar-refractivity contribution in [3.05, 3.63) is 23.4 Å². The van der Waals surface area contributed by atoms with Crippen LogP contribution < -0.4 is 10.6 Å². The highest BCUT2D eigenvalue weighted by Gasteiger charge is 2.31. The minimum absolute atomic E-state index is 0.169. The zero-order valence-corrected chi connectivity index (χ0v) is 14.5. The van der Waals surface area contributed by atoms with Gasteiger partial charge in [-0.3, -0.25) is 0 Å². The summed E-state index contributed by atoms with van der Waals surface area (Å²) in [6.45, 7) is 5.96. The molecule has 0 spiro atoms. The molecule has 1 aliphatic heterocycles. The van der Waals surface area contributed by atoms with Gasteiger partial charge in [0.2, 0.25) is 0 Å². The molecule has 3 heterocycles. The number of aryl methyl sites for hydroxylation is 2. The average Bonchev–Trinajstić information content (AvgIpc) is 2.85. The Bertz CT molecular complexity index is 718. The number of hydrogen-bond acceptors (Lipinski definition) is 6. The zero-order chi connectivity index (χ0) is 16.6. The first-order valence-corrected chi connectivity index (χ1v) is 7.96. The van der Waals surface area contributed by atoms with E-state index in [0.29, 0.717) is 0 Å². The monoisotopic (exact) mass is 315 g/mol. The van der Waals surface area contributed by atoms with Gasteiger partial charge in [0, 0.05) is 50.1 Å². The normalized spacial score (nSPS) is 21.8. The lowest BCUT2D eigenvalue weighted by atomic mass is 10.1. The van der Waals surface area contributed by atoms with Crippen molar-refractivity contribution in [2.75, 3.05) is 44.9 Å². The van der Waals surface area contributed by atoms with Gasteiger partial charge in [-0.2, -0.15) is 0 Å². The number of nitrogens with one attached hydrogen (secondary N) is 2. The third-order valence-electron chi connectivity index (χ3n) is 4.46. The van der Waals surface area contributed by atoms with E-state index in [1.54, 1.807) is 7.11 Å². The van der Waals surface area contributed by atoms with Crippen molar-refractivity contribution < 1.29 is 4.74 Å². The Labute approximate surface area is 137 Å². The summed E-state index contributed by atoms with van der Waals surface area (Å²) in [5, 5.41) is 7.87. The summed E-state index contributed by atoms with van der Waals surface area (Å²) in [6, 6.07) is 4.37. The largest absolute Gasteiger partial charge is 0.387 e. The molecular formula is C17H25N5O. The van der Waals surface area contributed by atoms with Gasteiger partial charge in [-0.25, -0.2) is 9.97 Å². The SMILES string of the molecule is CNc1cc(N[C@H]2CN(C)C[C@@H]2OC)nc2nc(C)cc(C)c12. The summed E-state index contributed by atoms with van der Waals surface area (Å²) < 4.78 is 5.59. The Morgan fingerprint density at radius 3 is 2.70 bits per heavy atom. The Morgan fingerprint density at radius 1 is 1.22 bits per heavy atom. The number of likely N-dealkylation sites (N-methyl/N-ethyl adjacent to an activating group) is 1. The predicted molar refractivity (Wildman–Crippen MR) is 94.3 cm³/mol. The molecule has 0 amide bonds. The van der Waals surface area contributed by atoms with Gasteiger partial charge in [-0.05, 0) is 32.5 Å². The molecule has 0 unspecified atom stereocenters. The van der Waals surface area contributed by atoms with E-state index in [1.165, 1.54) is 5.56 Å². The minimum Gasteiger partial charge on any atom is -0.387 e. The van der Waals surface area contributed by atoms with Gasteiger partial charge in [0.15, 0.2) is 5.65 Å². The Hall–Kier alpha value is -1.92. The molecule has 1 fully saturated rings. The Kier molecular flexibility index (Phi) is 4.37. The van der Waals surface area contributed by atoms with E-state index in [4.69, 9.17) is 9.72 Å². The number of fused-ring (bicyclic) bond motifs is 1. The number of likely N-dealkylation sites (tertiary alicyclic amines) is 1. The van der Waals surface area contributed by atoms with Gasteiger partial charge in [0.05, 0.1) is 12.1 Å². The van der Waals surface area contributed by atoms with E-state index in [9.17, 15) is 0 Å². The molecule has 1 saturated heterocycles. The third-order valence-corrected chi connectivity index (χ3v) is 4.46. The fourth-order valence-corrected chi connectivity index (χ4v) is 3.39. The van der Waals surface area contributed by atoms with Crippen molar-refractivity contribution in [2.24, 2.45) is 0 Å². The molecule has 3 rings (SSSR count). The molecule has 0 bridgehead atoms. The number of pyridine rings is 2. The lowest BCUT2D eigenvalue weighted by Crippen LogP contribution is -2.33. The quantitative estimate of drug-likeness (QED) is 0.900. The van der Waals surface area contributed by atoms with Crippen molar-refractivity contribution >= 4 is 22.5 Å². The maximum Gasteiger partial charge on any atom is 0.164 e. The first-order chi connectivity index (χ1) is 11.0. The predicted octanol–water partition coefficient (Wildman–Crippen LogP) is 2.03. The highest BCUT2D eigenvalue weighted by molar-refractivity contribution is 5.93. The van der Waals surface area contributed by atoms with E-state index in [-0.39, 0.29) is 12.1 Å². The van der Waals surface area contributed by atoms with Gasteiger partial charge in [-0.15, -0.1) is 0 Å². The lowest BCUT2D eigenvalue weighted by molar-refractivity contribution is 0.104. The molecule has 124 valence electrons. The number of methoxy groups -OCH3 is 1. The summed E-state index contributed by atoms with van der Waals surface area (Å²) in [5.74, 6) is 0.835. The maximum absolute atomic E-state index is 5.59. The van der Waals surface area contributed by atoms with E-state index in [2.05, 4.69) is 46.6 Å². The van der Waals surface area contributed by atoms with Crippen molar-refractivity contribution in [3.63, 3.8) is 0 Å². The minimum atomic E-state index is 0.169. The first kappa shape index (κ1) is 16.0. The smallest absolute Gasteiger partial charge is 0.164 e. The molecule has 2 atom stereocenters. The van der Waals surface area contributed by atoms with Crippen LogP contribution in [0.1, 0.15) is 11.3 Å². The highest BCUT2D eigenvalue weighted by Crippen LogP contribution is 2.28. The van der Waals surface area contributed by atoms with Crippen LogP contribution in [-0.2, 0) is 4.74 Å². The summed E-state index contributed by atoms with van der Waals surface area (Å²) in [5.41, 5.74) is 3.99. The third kappa shape index (κ3) is 3.09. The second-order valence-corrected chi connectivity index (χ2v) is 6.33. The van der Waals surface area contributed by atoms with Gasteiger partial charge in [-0.1, -0.05) is 0 Å². The van der Waals surface area contributed by atoms with Crippen molar-refractivity contribution in [1.29, 1.82) is 0 Å². The molecule has 0 aromatic carbocycles. The van der Waals surface area contributed by atoms with E-state index in [0.717, 1.165) is 41.3 Å². The number of hydrogen-bond donors (Lipinski definition) is 2. The van der Waals surface area contributed by atoms with Gasteiger partial charge >= 0.3 is 0 Å². The van der Waals surface area contributed by atoms with Crippen molar-refractivity contribution in [1.82, 2.24) is 14.9 Å². The fourth-order valence-electron chi connectivity index (χ4n) is 3.39. The van der Waals surface area contributed by atoms with Gasteiger partial charge < -0.3 is 20.3 Å². The van der Waals surface area contributed by atoms with Crippen LogP contribution in [-0.4, -0.2) is 61.3 Å². The van der Waals surface area contributed by atoms with Crippen LogP contribution in [0.3, 0.4) is 0 Å². The second kappa shape index (κ2) is 6.29. The molecule has 0 radical (unpaired) electrons. The van der Waals surface area contributed by atoms with Crippen LogP contribution in [0.25, 0.3) is 11.0 Å². The van der Waals surface area contributed by atoms with Crippen molar-refractivity contribution in [2.45, 2.75) is 26.0 Å². The number of rotatable bonds is 4. The molecule has 6 nitrogen and oxygen atoms in total. The second-order valence-electron chi connectivity index (χ2n) is 6.33.